The van der Waals surface area contributed by atoms with Gasteiger partial charge >= 0.3 is 0 Å². The molecule has 0 aromatic carbocycles. The van der Waals surface area contributed by atoms with Gasteiger partial charge in [-0.2, -0.15) is 11.8 Å². The molecule has 0 spiro atoms. The summed E-state index contributed by atoms with van der Waals surface area (Å²) in [4.78, 5) is 10.5. The zero-order valence-electron chi connectivity index (χ0n) is 7.36. The maximum absolute atomic E-state index is 10.5. The summed E-state index contributed by atoms with van der Waals surface area (Å²) >= 11 is 1.45. The summed E-state index contributed by atoms with van der Waals surface area (Å²) in [5.74, 6) is -0.0400. The van der Waals surface area contributed by atoms with Crippen LogP contribution in [-0.2, 0) is 4.79 Å². The number of hydrogen-bond donors (Lipinski definition) is 3. The molecule has 5 heteroatoms. The molecule has 0 aliphatic rings. The van der Waals surface area contributed by atoms with E-state index in [1.54, 1.807) is 6.92 Å². The van der Waals surface area contributed by atoms with Gasteiger partial charge in [0.2, 0.25) is 5.91 Å². The van der Waals surface area contributed by atoms with Gasteiger partial charge in [-0.05, 0) is 6.92 Å². The molecule has 12 heavy (non-hydrogen) atoms. The van der Waals surface area contributed by atoms with Crippen molar-refractivity contribution in [1.82, 2.24) is 0 Å². The van der Waals surface area contributed by atoms with Crippen LogP contribution in [0.15, 0.2) is 0 Å². The van der Waals surface area contributed by atoms with Crippen LogP contribution < -0.4 is 11.5 Å². The number of nitrogens with two attached hydrogens (primary N) is 2. The van der Waals surface area contributed by atoms with Gasteiger partial charge in [-0.25, -0.2) is 0 Å². The number of aliphatic hydroxyl groups excluding tert-OH is 1. The molecule has 0 radical (unpaired) electrons. The summed E-state index contributed by atoms with van der Waals surface area (Å²) in [7, 11) is 0. The van der Waals surface area contributed by atoms with Gasteiger partial charge < -0.3 is 16.6 Å². The molecule has 0 aliphatic heterocycles. The van der Waals surface area contributed by atoms with E-state index in [4.69, 9.17) is 16.6 Å². The summed E-state index contributed by atoms with van der Waals surface area (Å²) in [6.45, 7) is 3.58. The van der Waals surface area contributed by atoms with Crippen LogP contribution in [0.2, 0.25) is 0 Å². The van der Waals surface area contributed by atoms with Gasteiger partial charge in [0.25, 0.3) is 0 Å². The SMILES string of the molecule is CC(O)C(C)SCC(N)C(N)=O. The van der Waals surface area contributed by atoms with Crippen LogP contribution >= 0.6 is 11.8 Å². The molecule has 0 heterocycles. The summed E-state index contributed by atoms with van der Waals surface area (Å²) < 4.78 is 0. The highest BCUT2D eigenvalue weighted by molar-refractivity contribution is 8.00. The Balaban J connectivity index is 3.61. The summed E-state index contributed by atoms with van der Waals surface area (Å²) in [5.41, 5.74) is 10.3. The third kappa shape index (κ3) is 4.58. The van der Waals surface area contributed by atoms with Crippen LogP contribution in [0.5, 0.6) is 0 Å². The van der Waals surface area contributed by atoms with Crippen molar-refractivity contribution in [3.05, 3.63) is 0 Å². The van der Waals surface area contributed by atoms with Crippen molar-refractivity contribution in [2.75, 3.05) is 5.75 Å². The fraction of sp³-hybridized carbons (Fsp3) is 0.857. The molecule has 3 unspecified atom stereocenters. The van der Waals surface area contributed by atoms with E-state index in [1.807, 2.05) is 6.92 Å². The zero-order valence-corrected chi connectivity index (χ0v) is 8.17. The maximum Gasteiger partial charge on any atom is 0.235 e. The molecule has 0 saturated carbocycles. The highest BCUT2D eigenvalue weighted by Gasteiger charge is 2.14. The molecular weight excluding hydrogens is 176 g/mol. The highest BCUT2D eigenvalue weighted by Crippen LogP contribution is 2.14. The Labute approximate surface area is 76.7 Å². The van der Waals surface area contributed by atoms with Crippen molar-refractivity contribution >= 4 is 17.7 Å². The van der Waals surface area contributed by atoms with E-state index < -0.39 is 18.1 Å². The normalized spacial score (nSPS) is 18.3. The average molecular weight is 192 g/mol. The van der Waals surface area contributed by atoms with E-state index in [0.717, 1.165) is 0 Å². The molecule has 0 aromatic rings. The number of carbonyl (C=O) groups excluding carboxylic acids is 1. The largest absolute Gasteiger partial charge is 0.392 e. The van der Waals surface area contributed by atoms with E-state index in [2.05, 4.69) is 0 Å². The number of primary amides is 1. The van der Waals surface area contributed by atoms with Crippen LogP contribution in [0.25, 0.3) is 0 Å². The first-order valence-electron chi connectivity index (χ1n) is 3.79. The molecule has 0 rings (SSSR count). The first kappa shape index (κ1) is 11.7. The van der Waals surface area contributed by atoms with Crippen LogP contribution in [0, 0.1) is 0 Å². The Kier molecular flexibility index (Phi) is 5.28. The van der Waals surface area contributed by atoms with Crippen LogP contribution in [0.4, 0.5) is 0 Å². The topological polar surface area (TPSA) is 89.3 Å². The van der Waals surface area contributed by atoms with Crippen molar-refractivity contribution in [1.29, 1.82) is 0 Å². The van der Waals surface area contributed by atoms with E-state index in [9.17, 15) is 4.79 Å². The van der Waals surface area contributed by atoms with E-state index in [1.165, 1.54) is 11.8 Å². The number of aliphatic hydroxyl groups is 1. The molecule has 0 bridgehead atoms. The quantitative estimate of drug-likeness (QED) is 0.537. The zero-order chi connectivity index (χ0) is 9.72. The number of rotatable bonds is 5. The lowest BCUT2D eigenvalue weighted by Gasteiger charge is -2.15. The lowest BCUT2D eigenvalue weighted by molar-refractivity contribution is -0.118. The molecule has 3 atom stereocenters. The highest BCUT2D eigenvalue weighted by atomic mass is 32.2. The Morgan fingerprint density at radius 1 is 1.58 bits per heavy atom. The molecule has 0 aliphatic carbocycles. The molecule has 0 aromatic heterocycles. The monoisotopic (exact) mass is 192 g/mol. The number of thioether (sulfide) groups is 1. The number of carbonyl (C=O) groups is 1. The van der Waals surface area contributed by atoms with Crippen molar-refractivity contribution in [2.24, 2.45) is 11.5 Å². The van der Waals surface area contributed by atoms with E-state index >= 15 is 0 Å². The minimum atomic E-state index is -0.615. The van der Waals surface area contributed by atoms with Crippen LogP contribution in [0.3, 0.4) is 0 Å². The lowest BCUT2D eigenvalue weighted by atomic mass is 10.3. The second-order valence-corrected chi connectivity index (χ2v) is 4.20. The standard InChI is InChI=1S/C7H16N2O2S/c1-4(10)5(2)12-3-6(8)7(9)11/h4-6,10H,3,8H2,1-2H3,(H2,9,11). The first-order chi connectivity index (χ1) is 5.45. The van der Waals surface area contributed by atoms with Gasteiger partial charge in [-0.3, -0.25) is 4.79 Å². The maximum atomic E-state index is 10.5. The molecule has 0 fully saturated rings. The molecule has 4 nitrogen and oxygen atoms in total. The minimum absolute atomic E-state index is 0.0791. The van der Waals surface area contributed by atoms with Crippen molar-refractivity contribution in [3.8, 4) is 0 Å². The van der Waals surface area contributed by atoms with Gasteiger partial charge in [-0.1, -0.05) is 6.92 Å². The Hall–Kier alpha value is -0.260. The number of hydrogen-bond acceptors (Lipinski definition) is 4. The van der Waals surface area contributed by atoms with Gasteiger partial charge in [0.1, 0.15) is 0 Å². The number of amides is 1. The van der Waals surface area contributed by atoms with Gasteiger partial charge in [0, 0.05) is 11.0 Å². The summed E-state index contributed by atoms with van der Waals surface area (Å²) in [6, 6.07) is -0.615. The Morgan fingerprint density at radius 2 is 2.08 bits per heavy atom. The van der Waals surface area contributed by atoms with Crippen molar-refractivity contribution in [2.45, 2.75) is 31.2 Å². The fourth-order valence-electron chi connectivity index (χ4n) is 0.477. The molecule has 1 amide bonds. The predicted molar refractivity (Wildman–Crippen MR) is 50.8 cm³/mol. The lowest BCUT2D eigenvalue weighted by Crippen LogP contribution is -2.39. The smallest absolute Gasteiger partial charge is 0.235 e. The van der Waals surface area contributed by atoms with Crippen molar-refractivity contribution in [3.63, 3.8) is 0 Å². The van der Waals surface area contributed by atoms with Crippen molar-refractivity contribution < 1.29 is 9.90 Å². The van der Waals surface area contributed by atoms with Gasteiger partial charge in [-0.15, -0.1) is 0 Å². The van der Waals surface area contributed by atoms with E-state index in [0.29, 0.717) is 5.75 Å². The predicted octanol–water partition coefficient (Wildman–Crippen LogP) is -0.698. The Bertz CT molecular complexity index is 152. The van der Waals surface area contributed by atoms with Gasteiger partial charge in [0.05, 0.1) is 12.1 Å². The minimum Gasteiger partial charge on any atom is -0.392 e. The molecular formula is C7H16N2O2S. The van der Waals surface area contributed by atoms with Gasteiger partial charge in [0.15, 0.2) is 0 Å². The Morgan fingerprint density at radius 3 is 2.42 bits per heavy atom. The second-order valence-electron chi connectivity index (χ2n) is 2.79. The van der Waals surface area contributed by atoms with E-state index in [-0.39, 0.29) is 5.25 Å². The van der Waals surface area contributed by atoms with Crippen LogP contribution in [-0.4, -0.2) is 34.2 Å². The fourth-order valence-corrected chi connectivity index (χ4v) is 1.43. The molecule has 0 saturated heterocycles. The first-order valence-corrected chi connectivity index (χ1v) is 4.84. The summed E-state index contributed by atoms with van der Waals surface area (Å²) in [6.07, 6.45) is -0.393. The van der Waals surface area contributed by atoms with Crippen LogP contribution in [0.1, 0.15) is 13.8 Å². The third-order valence-corrected chi connectivity index (χ3v) is 3.05. The summed E-state index contributed by atoms with van der Waals surface area (Å²) in [5, 5.41) is 9.17. The second kappa shape index (κ2) is 5.40. The molecule has 72 valence electrons. The third-order valence-electron chi connectivity index (χ3n) is 1.58. The molecule has 5 N–H and O–H groups in total. The average Bonchev–Trinajstić information content (AvgIpc) is 1.98.